The first-order valence-corrected chi connectivity index (χ1v) is 9.42. The third-order valence-corrected chi connectivity index (χ3v) is 8.74. The topological polar surface area (TPSA) is 0 Å². The lowest BCUT2D eigenvalue weighted by Gasteiger charge is -2.24. The van der Waals surface area contributed by atoms with Crippen LogP contribution in [-0.2, 0) is 11.8 Å². The minimum absolute atomic E-state index is 0.0866. The molecular weight excluding hydrogens is 239 g/mol. The van der Waals surface area contributed by atoms with Gasteiger partial charge < -0.3 is 0 Å². The molecule has 0 heterocycles. The molecule has 0 aliphatic heterocycles. The van der Waals surface area contributed by atoms with Gasteiger partial charge in [0.1, 0.15) is 11.3 Å². The van der Waals surface area contributed by atoms with Crippen LogP contribution >= 0.6 is 19.3 Å². The van der Waals surface area contributed by atoms with Crippen LogP contribution in [0.4, 0.5) is 0 Å². The molecule has 1 unspecified atom stereocenters. The third kappa shape index (κ3) is 3.41. The SMILES string of the molecule is S=[P+](C1CCCCC1)C1CCC(S)CC1. The molecule has 2 fully saturated rings. The summed E-state index contributed by atoms with van der Waals surface area (Å²) in [6.07, 6.45) is 12.6. The van der Waals surface area contributed by atoms with Crippen LogP contribution in [0.5, 0.6) is 0 Å². The van der Waals surface area contributed by atoms with Crippen molar-refractivity contribution in [1.82, 2.24) is 0 Å². The molecule has 2 rings (SSSR count). The van der Waals surface area contributed by atoms with E-state index in [4.69, 9.17) is 11.8 Å². The number of hydrogen-bond acceptors (Lipinski definition) is 2. The van der Waals surface area contributed by atoms with Gasteiger partial charge in [0, 0.05) is 5.25 Å². The highest BCUT2D eigenvalue weighted by Gasteiger charge is 2.36. The molecule has 2 saturated carbocycles. The smallest absolute Gasteiger partial charge is 0.176 e. The van der Waals surface area contributed by atoms with Crippen LogP contribution in [0, 0.1) is 0 Å². The second-order valence-corrected chi connectivity index (χ2v) is 9.29. The predicted octanol–water partition coefficient (Wildman–Crippen LogP) is 4.50. The van der Waals surface area contributed by atoms with Crippen LogP contribution < -0.4 is 0 Å². The fraction of sp³-hybridized carbons (Fsp3) is 1.00. The standard InChI is InChI=1S/C12H21PS2/c14-12-8-6-11(7-9-12)13(15)10-4-2-1-3-5-10/h10-12H,1-9H2/p+1. The van der Waals surface area contributed by atoms with E-state index < -0.39 is 0 Å². The van der Waals surface area contributed by atoms with Crippen molar-refractivity contribution in [3.05, 3.63) is 0 Å². The van der Waals surface area contributed by atoms with E-state index in [2.05, 4.69) is 12.6 Å². The van der Waals surface area contributed by atoms with E-state index in [1.807, 2.05) is 0 Å². The van der Waals surface area contributed by atoms with E-state index in [9.17, 15) is 0 Å². The maximum Gasteiger partial charge on any atom is 0.181 e. The van der Waals surface area contributed by atoms with Crippen molar-refractivity contribution in [3.8, 4) is 0 Å². The van der Waals surface area contributed by atoms with Gasteiger partial charge in [-0.2, -0.15) is 12.6 Å². The number of hydrogen-bond donors (Lipinski definition) is 1. The molecule has 0 aromatic rings. The minimum Gasteiger partial charge on any atom is -0.176 e. The lowest BCUT2D eigenvalue weighted by Crippen LogP contribution is -2.20. The zero-order valence-electron chi connectivity index (χ0n) is 9.40. The van der Waals surface area contributed by atoms with Crippen molar-refractivity contribution in [2.45, 2.75) is 74.4 Å². The van der Waals surface area contributed by atoms with Gasteiger partial charge >= 0.3 is 0 Å². The maximum absolute atomic E-state index is 5.86. The second-order valence-electron chi connectivity index (χ2n) is 5.11. The van der Waals surface area contributed by atoms with E-state index in [0.717, 1.165) is 11.3 Å². The minimum atomic E-state index is -0.0866. The molecule has 2 aliphatic carbocycles. The molecule has 2 aliphatic rings. The van der Waals surface area contributed by atoms with E-state index >= 15 is 0 Å². The molecule has 0 aromatic carbocycles. The van der Waals surface area contributed by atoms with Gasteiger partial charge in [-0.15, -0.1) is 0 Å². The normalized spacial score (nSPS) is 35.1. The van der Waals surface area contributed by atoms with Crippen molar-refractivity contribution >= 4 is 31.1 Å². The summed E-state index contributed by atoms with van der Waals surface area (Å²) in [5.74, 6) is 0. The number of thiol groups is 1. The molecule has 0 aromatic heterocycles. The lowest BCUT2D eigenvalue weighted by molar-refractivity contribution is 0.495. The van der Waals surface area contributed by atoms with Crippen LogP contribution in [-0.4, -0.2) is 16.6 Å². The Kier molecular flexibility index (Phi) is 4.92. The third-order valence-electron chi connectivity index (χ3n) is 3.96. The molecule has 3 heteroatoms. The summed E-state index contributed by atoms with van der Waals surface area (Å²) in [6, 6.07) is 0. The Bertz CT molecular complexity index is 216. The van der Waals surface area contributed by atoms with Crippen LogP contribution in [0.25, 0.3) is 0 Å². The molecule has 15 heavy (non-hydrogen) atoms. The summed E-state index contributed by atoms with van der Waals surface area (Å²) in [5, 5.41) is 0.672. The average Bonchev–Trinajstić information content (AvgIpc) is 2.30. The molecule has 0 amide bonds. The largest absolute Gasteiger partial charge is 0.181 e. The zero-order valence-corrected chi connectivity index (χ0v) is 12.0. The highest BCUT2D eigenvalue weighted by molar-refractivity contribution is 8.05. The Balaban J connectivity index is 1.84. The van der Waals surface area contributed by atoms with Gasteiger partial charge in [-0.1, -0.05) is 6.42 Å². The Morgan fingerprint density at radius 2 is 1.33 bits per heavy atom. The summed E-state index contributed by atoms with van der Waals surface area (Å²) in [4.78, 5) is 0. The first-order valence-electron chi connectivity index (χ1n) is 6.41. The summed E-state index contributed by atoms with van der Waals surface area (Å²) >= 11 is 10.4. The Hall–Kier alpha value is 0.870. The van der Waals surface area contributed by atoms with Crippen molar-refractivity contribution in [3.63, 3.8) is 0 Å². The van der Waals surface area contributed by atoms with Crippen molar-refractivity contribution < 1.29 is 0 Å². The van der Waals surface area contributed by atoms with Crippen molar-refractivity contribution in [2.75, 3.05) is 0 Å². The van der Waals surface area contributed by atoms with E-state index in [-0.39, 0.29) is 6.70 Å². The molecule has 86 valence electrons. The molecule has 0 N–H and O–H groups in total. The van der Waals surface area contributed by atoms with E-state index in [1.54, 1.807) is 0 Å². The van der Waals surface area contributed by atoms with Gasteiger partial charge in [-0.25, -0.2) is 0 Å². The summed E-state index contributed by atoms with van der Waals surface area (Å²) in [6.45, 7) is -0.0866. The molecule has 0 bridgehead atoms. The molecule has 0 radical (unpaired) electrons. The summed E-state index contributed by atoms with van der Waals surface area (Å²) in [7, 11) is 0. The highest BCUT2D eigenvalue weighted by Crippen LogP contribution is 2.47. The Labute approximate surface area is 105 Å². The summed E-state index contributed by atoms with van der Waals surface area (Å²) in [5.41, 5.74) is 1.84. The van der Waals surface area contributed by atoms with Crippen LogP contribution in [0.1, 0.15) is 57.8 Å². The first kappa shape index (κ1) is 12.3. The van der Waals surface area contributed by atoms with Gasteiger partial charge in [0.15, 0.2) is 18.5 Å². The molecule has 0 saturated heterocycles. The quantitative estimate of drug-likeness (QED) is 0.564. The van der Waals surface area contributed by atoms with Crippen molar-refractivity contribution in [1.29, 1.82) is 0 Å². The zero-order chi connectivity index (χ0) is 10.7. The molecule has 0 spiro atoms. The molecular formula is C12H22PS2+. The summed E-state index contributed by atoms with van der Waals surface area (Å²) < 4.78 is 0. The van der Waals surface area contributed by atoms with Gasteiger partial charge in [0.05, 0.1) is 0 Å². The molecule has 0 nitrogen and oxygen atoms in total. The van der Waals surface area contributed by atoms with Crippen LogP contribution in [0.15, 0.2) is 0 Å². The van der Waals surface area contributed by atoms with Gasteiger partial charge in [0.2, 0.25) is 0 Å². The Morgan fingerprint density at radius 1 is 0.800 bits per heavy atom. The first-order chi connectivity index (χ1) is 7.27. The van der Waals surface area contributed by atoms with E-state index in [0.29, 0.717) is 5.25 Å². The molecule has 1 atom stereocenters. The van der Waals surface area contributed by atoms with Crippen LogP contribution in [0.2, 0.25) is 0 Å². The van der Waals surface area contributed by atoms with Crippen LogP contribution in [0.3, 0.4) is 0 Å². The maximum atomic E-state index is 5.86. The van der Waals surface area contributed by atoms with Crippen molar-refractivity contribution in [2.24, 2.45) is 0 Å². The second kappa shape index (κ2) is 5.98. The average molecular weight is 261 g/mol. The monoisotopic (exact) mass is 261 g/mol. The lowest BCUT2D eigenvalue weighted by atomic mass is 9.99. The van der Waals surface area contributed by atoms with Gasteiger partial charge in [-0.3, -0.25) is 0 Å². The Morgan fingerprint density at radius 3 is 1.93 bits per heavy atom. The fourth-order valence-corrected chi connectivity index (χ4v) is 6.79. The fourth-order valence-electron chi connectivity index (χ4n) is 2.95. The predicted molar refractivity (Wildman–Crippen MR) is 76.2 cm³/mol. The van der Waals surface area contributed by atoms with Gasteiger partial charge in [-0.05, 0) is 51.4 Å². The number of rotatable bonds is 2. The van der Waals surface area contributed by atoms with Gasteiger partial charge in [0.25, 0.3) is 0 Å². The van der Waals surface area contributed by atoms with E-state index in [1.165, 1.54) is 57.8 Å². The highest BCUT2D eigenvalue weighted by atomic mass is 32.4.